The molecule has 2 unspecified atom stereocenters. The van der Waals surface area contributed by atoms with E-state index in [0.29, 0.717) is 11.8 Å². The minimum absolute atomic E-state index is 0.124. The highest BCUT2D eigenvalue weighted by Crippen LogP contribution is 2.35. The van der Waals surface area contributed by atoms with Gasteiger partial charge in [0.15, 0.2) is 0 Å². The minimum Gasteiger partial charge on any atom is -0.340 e. The third-order valence-corrected chi connectivity index (χ3v) is 7.05. The first-order valence-corrected chi connectivity index (χ1v) is 11.9. The fourth-order valence-electron chi connectivity index (χ4n) is 5.18. The summed E-state index contributed by atoms with van der Waals surface area (Å²) in [5.41, 5.74) is 5.97. The van der Waals surface area contributed by atoms with Crippen molar-refractivity contribution in [2.24, 2.45) is 11.8 Å². The van der Waals surface area contributed by atoms with Crippen molar-refractivity contribution in [2.45, 2.75) is 13.8 Å². The molecule has 3 heterocycles. The van der Waals surface area contributed by atoms with Crippen LogP contribution in [0.5, 0.6) is 0 Å². The average molecular weight is 451 g/mol. The van der Waals surface area contributed by atoms with Crippen molar-refractivity contribution in [3.8, 4) is 11.1 Å². The molecule has 0 radical (unpaired) electrons. The zero-order valence-electron chi connectivity index (χ0n) is 19.8. The Balaban J connectivity index is 1.30. The maximum absolute atomic E-state index is 13.5. The number of hydrogen-bond donors (Lipinski definition) is 0. The van der Waals surface area contributed by atoms with E-state index in [2.05, 4.69) is 47.7 Å². The Morgan fingerprint density at radius 3 is 2.38 bits per heavy atom. The van der Waals surface area contributed by atoms with E-state index >= 15 is 0 Å². The Kier molecular flexibility index (Phi) is 6.01. The van der Waals surface area contributed by atoms with Crippen molar-refractivity contribution >= 4 is 17.4 Å². The van der Waals surface area contributed by atoms with Gasteiger partial charge in [-0.3, -0.25) is 4.79 Å². The SMILES string of the molecule is C=CC(=CC)c1ccnc(N2CC3CN(C(=O)c4ccccc4-c4ccc(C)cc4)CC3C2)n1. The van der Waals surface area contributed by atoms with Crippen LogP contribution in [0.1, 0.15) is 28.5 Å². The summed E-state index contributed by atoms with van der Waals surface area (Å²) < 4.78 is 0. The normalized spacial score (nSPS) is 19.9. The molecule has 172 valence electrons. The molecule has 34 heavy (non-hydrogen) atoms. The van der Waals surface area contributed by atoms with Crippen molar-refractivity contribution < 1.29 is 4.79 Å². The van der Waals surface area contributed by atoms with Crippen LogP contribution in [0.4, 0.5) is 5.95 Å². The maximum atomic E-state index is 13.5. The van der Waals surface area contributed by atoms with Crippen LogP contribution in [0.25, 0.3) is 16.7 Å². The molecule has 5 rings (SSSR count). The summed E-state index contributed by atoms with van der Waals surface area (Å²) in [6, 6.07) is 18.3. The molecule has 0 saturated carbocycles. The average Bonchev–Trinajstić information content (AvgIpc) is 3.45. The number of anilines is 1. The van der Waals surface area contributed by atoms with Crippen LogP contribution < -0.4 is 4.90 Å². The van der Waals surface area contributed by atoms with Gasteiger partial charge in [0.05, 0.1) is 5.69 Å². The first kappa shape index (κ1) is 22.1. The Bertz CT molecular complexity index is 1230. The van der Waals surface area contributed by atoms with Crippen molar-refractivity contribution in [1.82, 2.24) is 14.9 Å². The fourth-order valence-corrected chi connectivity index (χ4v) is 5.18. The maximum Gasteiger partial charge on any atom is 0.254 e. The topological polar surface area (TPSA) is 49.3 Å². The van der Waals surface area contributed by atoms with Crippen molar-refractivity contribution in [3.63, 3.8) is 0 Å². The molecule has 2 aromatic carbocycles. The number of nitrogens with zero attached hydrogens (tertiary/aromatic N) is 4. The zero-order chi connectivity index (χ0) is 23.7. The second-order valence-electron chi connectivity index (χ2n) is 9.24. The van der Waals surface area contributed by atoms with E-state index in [1.807, 2.05) is 60.5 Å². The molecule has 5 nitrogen and oxygen atoms in total. The van der Waals surface area contributed by atoms with Crippen LogP contribution in [-0.2, 0) is 0 Å². The molecule has 1 amide bonds. The Hall–Kier alpha value is -3.73. The van der Waals surface area contributed by atoms with E-state index in [0.717, 1.165) is 60.1 Å². The van der Waals surface area contributed by atoms with E-state index in [1.165, 1.54) is 5.56 Å². The van der Waals surface area contributed by atoms with Crippen LogP contribution in [0.15, 0.2) is 79.5 Å². The third-order valence-electron chi connectivity index (χ3n) is 7.05. The number of aryl methyl sites for hydroxylation is 1. The minimum atomic E-state index is 0.124. The quantitative estimate of drug-likeness (QED) is 0.498. The number of aromatic nitrogens is 2. The number of amides is 1. The van der Waals surface area contributed by atoms with E-state index < -0.39 is 0 Å². The van der Waals surface area contributed by atoms with Crippen LogP contribution in [0, 0.1) is 18.8 Å². The lowest BCUT2D eigenvalue weighted by atomic mass is 9.98. The van der Waals surface area contributed by atoms with Gasteiger partial charge >= 0.3 is 0 Å². The molecule has 2 atom stereocenters. The van der Waals surface area contributed by atoms with Gasteiger partial charge in [0.1, 0.15) is 0 Å². The van der Waals surface area contributed by atoms with Crippen LogP contribution >= 0.6 is 0 Å². The van der Waals surface area contributed by atoms with Crippen LogP contribution in [0.3, 0.4) is 0 Å². The summed E-state index contributed by atoms with van der Waals surface area (Å²) in [6.45, 7) is 11.2. The number of carbonyl (C=O) groups excluding carboxylic acids is 1. The zero-order valence-corrected chi connectivity index (χ0v) is 19.8. The number of hydrogen-bond acceptors (Lipinski definition) is 4. The Morgan fingerprint density at radius 2 is 1.71 bits per heavy atom. The van der Waals surface area contributed by atoms with Gasteiger partial charge < -0.3 is 9.80 Å². The molecule has 2 fully saturated rings. The summed E-state index contributed by atoms with van der Waals surface area (Å²) in [5.74, 6) is 1.75. The molecule has 2 saturated heterocycles. The van der Waals surface area contributed by atoms with Gasteiger partial charge in [0.25, 0.3) is 5.91 Å². The highest BCUT2D eigenvalue weighted by Gasteiger charge is 2.42. The van der Waals surface area contributed by atoms with E-state index in [-0.39, 0.29) is 5.91 Å². The largest absolute Gasteiger partial charge is 0.340 e. The smallest absolute Gasteiger partial charge is 0.254 e. The number of allylic oxidation sites excluding steroid dienone is 3. The van der Waals surface area contributed by atoms with Crippen molar-refractivity contribution in [1.29, 1.82) is 0 Å². The summed E-state index contributed by atoms with van der Waals surface area (Å²) in [6.07, 6.45) is 5.65. The molecular weight excluding hydrogens is 420 g/mol. The molecule has 0 spiro atoms. The highest BCUT2D eigenvalue weighted by atomic mass is 16.2. The van der Waals surface area contributed by atoms with Gasteiger partial charge in [0.2, 0.25) is 5.95 Å². The monoisotopic (exact) mass is 450 g/mol. The van der Waals surface area contributed by atoms with E-state index in [1.54, 1.807) is 0 Å². The molecule has 5 heteroatoms. The molecule has 0 bridgehead atoms. The molecule has 2 aliphatic heterocycles. The second kappa shape index (κ2) is 9.26. The summed E-state index contributed by atoms with van der Waals surface area (Å²) >= 11 is 0. The highest BCUT2D eigenvalue weighted by molar-refractivity contribution is 6.01. The number of rotatable bonds is 5. The predicted molar refractivity (Wildman–Crippen MR) is 138 cm³/mol. The third kappa shape index (κ3) is 4.14. The summed E-state index contributed by atoms with van der Waals surface area (Å²) in [7, 11) is 0. The number of likely N-dealkylation sites (tertiary alicyclic amines) is 1. The number of benzene rings is 2. The first-order valence-electron chi connectivity index (χ1n) is 11.9. The first-order chi connectivity index (χ1) is 16.6. The van der Waals surface area contributed by atoms with Crippen molar-refractivity contribution in [3.05, 3.63) is 96.3 Å². The van der Waals surface area contributed by atoms with Gasteiger partial charge in [-0.1, -0.05) is 66.8 Å². The standard InChI is InChI=1S/C29H30N4O/c1-4-21(5-2)27-14-15-30-29(31-27)33-18-23-16-32(17-24(23)19-33)28(34)26-9-7-6-8-25(26)22-12-10-20(3)11-13-22/h4-15,23-24H,1,16-19H2,2-3H3. The van der Waals surface area contributed by atoms with Gasteiger partial charge in [-0.25, -0.2) is 9.97 Å². The number of carbonyl (C=O) groups is 1. The van der Waals surface area contributed by atoms with Gasteiger partial charge in [-0.15, -0.1) is 0 Å². The van der Waals surface area contributed by atoms with E-state index in [4.69, 9.17) is 4.98 Å². The predicted octanol–water partition coefficient (Wildman–Crippen LogP) is 5.25. The number of fused-ring (bicyclic) bond motifs is 1. The van der Waals surface area contributed by atoms with E-state index in [9.17, 15) is 4.79 Å². The molecule has 0 N–H and O–H groups in total. The fraction of sp³-hybridized carbons (Fsp3) is 0.276. The van der Waals surface area contributed by atoms with Gasteiger partial charge in [-0.05, 0) is 42.7 Å². The molecule has 3 aromatic rings. The van der Waals surface area contributed by atoms with Crippen LogP contribution in [0.2, 0.25) is 0 Å². The Morgan fingerprint density at radius 1 is 1.00 bits per heavy atom. The molecule has 0 aliphatic carbocycles. The lowest BCUT2D eigenvalue weighted by molar-refractivity contribution is 0.0783. The summed E-state index contributed by atoms with van der Waals surface area (Å²) in [5, 5.41) is 0. The lowest BCUT2D eigenvalue weighted by Crippen LogP contribution is -2.34. The lowest BCUT2D eigenvalue weighted by Gasteiger charge is -2.23. The molecular formula is C29H30N4O. The van der Waals surface area contributed by atoms with Crippen LogP contribution in [-0.4, -0.2) is 47.0 Å². The second-order valence-corrected chi connectivity index (χ2v) is 9.24. The Labute approximate surface area is 201 Å². The molecule has 1 aromatic heterocycles. The van der Waals surface area contributed by atoms with Gasteiger partial charge in [-0.2, -0.15) is 0 Å². The van der Waals surface area contributed by atoms with Crippen molar-refractivity contribution in [2.75, 3.05) is 31.1 Å². The summed E-state index contributed by atoms with van der Waals surface area (Å²) in [4.78, 5) is 27.1. The molecule has 2 aliphatic rings. The van der Waals surface area contributed by atoms with Gasteiger partial charge in [0, 0.05) is 49.8 Å².